The van der Waals surface area contributed by atoms with Crippen LogP contribution in [-0.2, 0) is 17.3 Å². The Bertz CT molecular complexity index is 338. The molecule has 0 unspecified atom stereocenters. The van der Waals surface area contributed by atoms with Crippen molar-refractivity contribution in [3.63, 3.8) is 0 Å². The topological polar surface area (TPSA) is 9.23 Å². The molecule has 0 saturated heterocycles. The van der Waals surface area contributed by atoms with Gasteiger partial charge in [-0.1, -0.05) is 22.0 Å². The van der Waals surface area contributed by atoms with Crippen LogP contribution in [0, 0.1) is 0 Å². The van der Waals surface area contributed by atoms with E-state index in [0.29, 0.717) is 10.0 Å². The predicted octanol–water partition coefficient (Wildman–Crippen LogP) is 3.07. The van der Waals surface area contributed by atoms with Gasteiger partial charge in [-0.05, 0) is 17.7 Å². The average molecular weight is 249 g/mol. The quantitative estimate of drug-likeness (QED) is 0.686. The molecule has 1 aromatic rings. The van der Waals surface area contributed by atoms with Crippen molar-refractivity contribution in [1.82, 2.24) is 0 Å². The van der Waals surface area contributed by atoms with Crippen LogP contribution >= 0.6 is 15.9 Å². The van der Waals surface area contributed by atoms with Crippen molar-refractivity contribution in [2.24, 2.45) is 0 Å². The van der Waals surface area contributed by atoms with Gasteiger partial charge in [0, 0.05) is 10.0 Å². The Balaban J connectivity index is 2.55. The maximum atomic E-state index is 13.2. The zero-order valence-electron chi connectivity index (χ0n) is 6.69. The number of alkyl halides is 2. The molecular formula is C9H7BrF2O. The summed E-state index contributed by atoms with van der Waals surface area (Å²) in [6.07, 6.45) is 0. The lowest BCUT2D eigenvalue weighted by Gasteiger charge is -2.25. The lowest BCUT2D eigenvalue weighted by atomic mass is 10.0. The molecule has 13 heavy (non-hydrogen) atoms. The van der Waals surface area contributed by atoms with Crippen LogP contribution in [-0.4, -0.2) is 6.61 Å². The minimum absolute atomic E-state index is 0.0770. The molecule has 1 heterocycles. The number of fused-ring (bicyclic) bond motifs is 1. The number of rotatable bonds is 0. The number of benzene rings is 1. The second-order valence-corrected chi connectivity index (χ2v) is 3.91. The van der Waals surface area contributed by atoms with Crippen molar-refractivity contribution in [1.29, 1.82) is 0 Å². The van der Waals surface area contributed by atoms with Crippen LogP contribution in [0.1, 0.15) is 11.1 Å². The smallest absolute Gasteiger partial charge is 0.296 e. The monoisotopic (exact) mass is 248 g/mol. The van der Waals surface area contributed by atoms with Gasteiger partial charge in [-0.15, -0.1) is 0 Å². The highest BCUT2D eigenvalue weighted by Crippen LogP contribution is 2.36. The molecule has 0 fully saturated rings. The fourth-order valence-corrected chi connectivity index (χ4v) is 1.74. The predicted molar refractivity (Wildman–Crippen MR) is 47.7 cm³/mol. The second-order valence-electron chi connectivity index (χ2n) is 3.00. The molecule has 1 aliphatic rings. The number of halogens is 3. The van der Waals surface area contributed by atoms with Crippen LogP contribution in [0.3, 0.4) is 0 Å². The first-order valence-corrected chi connectivity index (χ1v) is 4.63. The highest BCUT2D eigenvalue weighted by molar-refractivity contribution is 9.10. The Morgan fingerprint density at radius 3 is 2.92 bits per heavy atom. The van der Waals surface area contributed by atoms with Crippen molar-refractivity contribution < 1.29 is 13.5 Å². The molecule has 0 radical (unpaired) electrons. The van der Waals surface area contributed by atoms with Gasteiger partial charge in [0.2, 0.25) is 0 Å². The normalized spacial score (nSPS) is 19.6. The minimum Gasteiger partial charge on any atom is -0.370 e. The van der Waals surface area contributed by atoms with Gasteiger partial charge in [-0.2, -0.15) is 8.78 Å². The second kappa shape index (κ2) is 3.03. The molecule has 1 nitrogen and oxygen atoms in total. The summed E-state index contributed by atoms with van der Waals surface area (Å²) in [4.78, 5) is 0. The van der Waals surface area contributed by atoms with Gasteiger partial charge >= 0.3 is 0 Å². The molecule has 0 aliphatic carbocycles. The molecule has 0 bridgehead atoms. The maximum Gasteiger partial charge on any atom is 0.296 e. The Kier molecular flexibility index (Phi) is 2.12. The third-order valence-electron chi connectivity index (χ3n) is 2.01. The maximum absolute atomic E-state index is 13.2. The van der Waals surface area contributed by atoms with Gasteiger partial charge in [-0.3, -0.25) is 0 Å². The van der Waals surface area contributed by atoms with Gasteiger partial charge in [0.15, 0.2) is 0 Å². The number of ether oxygens (including phenoxy) is 1. The third-order valence-corrected chi connectivity index (χ3v) is 2.50. The Morgan fingerprint density at radius 1 is 1.38 bits per heavy atom. The largest absolute Gasteiger partial charge is 0.370 e. The molecule has 1 aliphatic heterocycles. The first-order chi connectivity index (χ1) is 6.09. The van der Waals surface area contributed by atoms with Crippen LogP contribution in [0.2, 0.25) is 0 Å². The summed E-state index contributed by atoms with van der Waals surface area (Å²) in [6, 6.07) is 4.86. The molecule has 70 valence electrons. The lowest BCUT2D eigenvalue weighted by molar-refractivity contribution is -0.103. The Morgan fingerprint density at radius 2 is 2.15 bits per heavy atom. The molecule has 0 N–H and O–H groups in total. The average Bonchev–Trinajstić information content (AvgIpc) is 2.06. The summed E-state index contributed by atoms with van der Waals surface area (Å²) in [5, 5.41) is 0. The molecular weight excluding hydrogens is 242 g/mol. The summed E-state index contributed by atoms with van der Waals surface area (Å²) in [5.41, 5.74) is 0.646. The van der Waals surface area contributed by atoms with Crippen LogP contribution in [0.25, 0.3) is 0 Å². The van der Waals surface area contributed by atoms with Crippen LogP contribution < -0.4 is 0 Å². The molecule has 0 spiro atoms. The first kappa shape index (κ1) is 9.09. The van der Waals surface area contributed by atoms with E-state index in [1.807, 2.05) is 0 Å². The van der Waals surface area contributed by atoms with Gasteiger partial charge < -0.3 is 4.74 Å². The van der Waals surface area contributed by atoms with Gasteiger partial charge in [0.05, 0.1) is 6.61 Å². The van der Waals surface area contributed by atoms with Crippen molar-refractivity contribution >= 4 is 15.9 Å². The summed E-state index contributed by atoms with van der Waals surface area (Å²) in [7, 11) is 0. The van der Waals surface area contributed by atoms with E-state index in [4.69, 9.17) is 4.74 Å². The van der Waals surface area contributed by atoms with E-state index in [0.717, 1.165) is 0 Å². The summed E-state index contributed by atoms with van der Waals surface area (Å²) in [5.74, 6) is -2.85. The van der Waals surface area contributed by atoms with E-state index < -0.39 is 12.5 Å². The van der Waals surface area contributed by atoms with Crippen molar-refractivity contribution in [2.75, 3.05) is 6.61 Å². The van der Waals surface area contributed by atoms with E-state index in [1.165, 1.54) is 6.07 Å². The fourth-order valence-electron chi connectivity index (χ4n) is 1.38. The molecule has 2 rings (SSSR count). The van der Waals surface area contributed by atoms with Crippen molar-refractivity contribution in [3.05, 3.63) is 33.8 Å². The lowest BCUT2D eigenvalue weighted by Crippen LogP contribution is -2.27. The zero-order chi connectivity index (χ0) is 9.47. The van der Waals surface area contributed by atoms with E-state index in [9.17, 15) is 8.78 Å². The standard InChI is InChI=1S/C9H7BrF2O/c10-7-2-1-6-4-13-5-9(11,12)8(6)3-7/h1-3H,4-5H2. The summed E-state index contributed by atoms with van der Waals surface area (Å²) < 4.78 is 31.9. The molecule has 4 heteroatoms. The SMILES string of the molecule is FC1(F)COCc2ccc(Br)cc21. The molecule has 0 amide bonds. The Labute approximate surface area is 82.8 Å². The highest BCUT2D eigenvalue weighted by Gasteiger charge is 2.37. The fraction of sp³-hybridized carbons (Fsp3) is 0.333. The van der Waals surface area contributed by atoms with E-state index in [-0.39, 0.29) is 12.2 Å². The van der Waals surface area contributed by atoms with Gasteiger partial charge in [0.25, 0.3) is 5.92 Å². The summed E-state index contributed by atoms with van der Waals surface area (Å²) in [6.45, 7) is -0.241. The zero-order valence-corrected chi connectivity index (χ0v) is 8.27. The van der Waals surface area contributed by atoms with Gasteiger partial charge in [-0.25, -0.2) is 0 Å². The van der Waals surface area contributed by atoms with E-state index in [2.05, 4.69) is 15.9 Å². The van der Waals surface area contributed by atoms with Gasteiger partial charge in [0.1, 0.15) is 6.61 Å². The van der Waals surface area contributed by atoms with Crippen LogP contribution in [0.4, 0.5) is 8.78 Å². The molecule has 1 aromatic carbocycles. The van der Waals surface area contributed by atoms with Crippen molar-refractivity contribution in [3.8, 4) is 0 Å². The number of hydrogen-bond acceptors (Lipinski definition) is 1. The molecule has 0 saturated carbocycles. The van der Waals surface area contributed by atoms with Crippen LogP contribution in [0.15, 0.2) is 22.7 Å². The van der Waals surface area contributed by atoms with E-state index in [1.54, 1.807) is 12.1 Å². The highest BCUT2D eigenvalue weighted by atomic mass is 79.9. The molecule has 0 aromatic heterocycles. The van der Waals surface area contributed by atoms with Crippen molar-refractivity contribution in [2.45, 2.75) is 12.5 Å². The minimum atomic E-state index is -2.85. The molecule has 0 atom stereocenters. The summed E-state index contributed by atoms with van der Waals surface area (Å²) >= 11 is 3.17. The third kappa shape index (κ3) is 1.60. The number of hydrogen-bond donors (Lipinski definition) is 0. The first-order valence-electron chi connectivity index (χ1n) is 3.84. The van der Waals surface area contributed by atoms with E-state index >= 15 is 0 Å². The van der Waals surface area contributed by atoms with Crippen LogP contribution in [0.5, 0.6) is 0 Å². The Hall–Kier alpha value is -0.480.